The molecule has 2 rings (SSSR count). The Bertz CT molecular complexity index is 683. The third kappa shape index (κ3) is 3.50. The monoisotopic (exact) mass is 344 g/mol. The number of Topliss-reactive ketones (excluding diaryl/α,β-unsaturated/α-hetero) is 1. The average molecular weight is 345 g/mol. The normalized spacial score (nSPS) is 20.5. The maximum absolute atomic E-state index is 12.8. The molecule has 0 heterocycles. The highest BCUT2D eigenvalue weighted by molar-refractivity contribution is 7.92. The molecule has 1 aliphatic rings. The first-order chi connectivity index (χ1) is 10.4. The van der Waals surface area contributed by atoms with E-state index in [9.17, 15) is 18.0 Å². The second-order valence-corrected chi connectivity index (χ2v) is 7.85. The third-order valence-electron chi connectivity index (χ3n) is 3.84. The zero-order chi connectivity index (χ0) is 16.3. The molecule has 0 N–H and O–H groups in total. The molecule has 0 aromatic heterocycles. The first-order valence-corrected chi connectivity index (χ1v) is 8.87. The number of ether oxygens (including phenoxy) is 1. The second kappa shape index (κ2) is 6.79. The summed E-state index contributed by atoms with van der Waals surface area (Å²) in [6.45, 7) is 0. The van der Waals surface area contributed by atoms with Crippen molar-refractivity contribution >= 4 is 33.2 Å². The van der Waals surface area contributed by atoms with Gasteiger partial charge in [0, 0.05) is 17.9 Å². The van der Waals surface area contributed by atoms with Crippen LogP contribution in [-0.2, 0) is 24.2 Å². The van der Waals surface area contributed by atoms with Crippen LogP contribution in [0, 0.1) is 5.92 Å². The van der Waals surface area contributed by atoms with Crippen LogP contribution >= 0.6 is 11.6 Å². The van der Waals surface area contributed by atoms with Crippen LogP contribution in [0.3, 0.4) is 0 Å². The molecule has 1 aromatic carbocycles. The van der Waals surface area contributed by atoms with Gasteiger partial charge in [0.25, 0.3) is 0 Å². The van der Waals surface area contributed by atoms with E-state index in [4.69, 9.17) is 11.6 Å². The van der Waals surface area contributed by atoms with E-state index in [0.29, 0.717) is 19.3 Å². The van der Waals surface area contributed by atoms with E-state index in [-0.39, 0.29) is 22.1 Å². The van der Waals surface area contributed by atoms with Gasteiger partial charge in [-0.25, -0.2) is 8.42 Å². The number of esters is 1. The fourth-order valence-electron chi connectivity index (χ4n) is 2.80. The van der Waals surface area contributed by atoms with Crippen LogP contribution in [-0.4, -0.2) is 32.5 Å². The van der Waals surface area contributed by atoms with Crippen molar-refractivity contribution < 1.29 is 22.7 Å². The molecular formula is C15H17ClO5S. The summed E-state index contributed by atoms with van der Waals surface area (Å²) in [4.78, 5) is 23.7. The van der Waals surface area contributed by atoms with Gasteiger partial charge in [-0.15, -0.1) is 0 Å². The van der Waals surface area contributed by atoms with E-state index in [1.54, 1.807) is 6.07 Å². The molecule has 5 nitrogen and oxygen atoms in total. The SMILES string of the molecule is COC(=O)C(C1CCCC(=O)C1)S(=O)(=O)c1cccc(Cl)c1. The molecule has 0 aliphatic heterocycles. The van der Waals surface area contributed by atoms with Crippen molar-refractivity contribution in [2.45, 2.75) is 35.8 Å². The molecule has 1 aliphatic carbocycles. The van der Waals surface area contributed by atoms with Crippen LogP contribution in [0.1, 0.15) is 25.7 Å². The number of halogens is 1. The van der Waals surface area contributed by atoms with Gasteiger partial charge in [0.2, 0.25) is 0 Å². The van der Waals surface area contributed by atoms with Gasteiger partial charge in [-0.2, -0.15) is 0 Å². The van der Waals surface area contributed by atoms with E-state index >= 15 is 0 Å². The summed E-state index contributed by atoms with van der Waals surface area (Å²) < 4.78 is 30.3. The maximum atomic E-state index is 12.8. The van der Waals surface area contributed by atoms with Crippen molar-refractivity contribution in [1.82, 2.24) is 0 Å². The molecule has 7 heteroatoms. The highest BCUT2D eigenvalue weighted by Crippen LogP contribution is 2.32. The first kappa shape index (κ1) is 17.0. The highest BCUT2D eigenvalue weighted by atomic mass is 35.5. The lowest BCUT2D eigenvalue weighted by molar-refractivity contribution is -0.141. The van der Waals surface area contributed by atoms with Gasteiger partial charge in [-0.05, 0) is 37.0 Å². The predicted octanol–water partition coefficient (Wildman–Crippen LogP) is 2.41. The smallest absolute Gasteiger partial charge is 0.324 e. The van der Waals surface area contributed by atoms with E-state index in [1.807, 2.05) is 0 Å². The van der Waals surface area contributed by atoms with Crippen LogP contribution in [0.15, 0.2) is 29.2 Å². The van der Waals surface area contributed by atoms with Gasteiger partial charge in [-0.3, -0.25) is 9.59 Å². The van der Waals surface area contributed by atoms with Gasteiger partial charge < -0.3 is 4.74 Å². The Labute approximate surface area is 134 Å². The molecule has 22 heavy (non-hydrogen) atoms. The summed E-state index contributed by atoms with van der Waals surface area (Å²) in [5.41, 5.74) is 0. The summed E-state index contributed by atoms with van der Waals surface area (Å²) in [5.74, 6) is -1.41. The molecule has 2 unspecified atom stereocenters. The van der Waals surface area contributed by atoms with Crippen LogP contribution in [0.5, 0.6) is 0 Å². The van der Waals surface area contributed by atoms with Crippen molar-refractivity contribution in [2.75, 3.05) is 7.11 Å². The Morgan fingerprint density at radius 1 is 1.41 bits per heavy atom. The zero-order valence-electron chi connectivity index (χ0n) is 12.1. The number of rotatable bonds is 4. The number of carbonyl (C=O) groups is 2. The Morgan fingerprint density at radius 3 is 2.73 bits per heavy atom. The molecule has 120 valence electrons. The Hall–Kier alpha value is -1.40. The summed E-state index contributed by atoms with van der Waals surface area (Å²) in [6.07, 6.45) is 1.61. The number of hydrogen-bond donors (Lipinski definition) is 0. The van der Waals surface area contributed by atoms with Crippen molar-refractivity contribution in [2.24, 2.45) is 5.92 Å². The fourth-order valence-corrected chi connectivity index (χ4v) is 4.99. The third-order valence-corrected chi connectivity index (χ3v) is 6.23. The minimum Gasteiger partial charge on any atom is -0.468 e. The number of carbonyl (C=O) groups excluding carboxylic acids is 2. The van der Waals surface area contributed by atoms with Crippen molar-refractivity contribution in [3.63, 3.8) is 0 Å². The Morgan fingerprint density at radius 2 is 2.14 bits per heavy atom. The summed E-state index contributed by atoms with van der Waals surface area (Å²) >= 11 is 5.84. The fraction of sp³-hybridized carbons (Fsp3) is 0.467. The van der Waals surface area contributed by atoms with Crippen LogP contribution in [0.4, 0.5) is 0 Å². The summed E-state index contributed by atoms with van der Waals surface area (Å²) in [7, 11) is -2.82. The van der Waals surface area contributed by atoms with Gasteiger partial charge in [0.05, 0.1) is 12.0 Å². The summed E-state index contributed by atoms with van der Waals surface area (Å²) in [6, 6.07) is 5.76. The molecule has 0 spiro atoms. The van der Waals surface area contributed by atoms with Crippen molar-refractivity contribution in [3.05, 3.63) is 29.3 Å². The Balaban J connectivity index is 2.44. The standard InChI is InChI=1S/C15H17ClO5S/c1-21-15(18)14(10-4-2-6-12(17)8-10)22(19,20)13-7-3-5-11(16)9-13/h3,5,7,9-10,14H,2,4,6,8H2,1H3. The lowest BCUT2D eigenvalue weighted by atomic mass is 9.86. The van der Waals surface area contributed by atoms with Crippen molar-refractivity contribution in [3.8, 4) is 0 Å². The lowest BCUT2D eigenvalue weighted by Crippen LogP contribution is -2.40. The van der Waals surface area contributed by atoms with E-state index in [1.165, 1.54) is 18.2 Å². The van der Waals surface area contributed by atoms with Crippen LogP contribution in [0.2, 0.25) is 5.02 Å². The van der Waals surface area contributed by atoms with Gasteiger partial charge in [-0.1, -0.05) is 17.7 Å². The maximum Gasteiger partial charge on any atom is 0.324 e. The predicted molar refractivity (Wildman–Crippen MR) is 81.4 cm³/mol. The minimum atomic E-state index is -3.97. The highest BCUT2D eigenvalue weighted by Gasteiger charge is 2.43. The topological polar surface area (TPSA) is 77.5 Å². The molecule has 0 radical (unpaired) electrons. The van der Waals surface area contributed by atoms with Crippen molar-refractivity contribution in [1.29, 1.82) is 0 Å². The van der Waals surface area contributed by atoms with E-state index in [0.717, 1.165) is 7.11 Å². The molecule has 1 aromatic rings. The quantitative estimate of drug-likeness (QED) is 0.784. The van der Waals surface area contributed by atoms with Gasteiger partial charge in [0.1, 0.15) is 5.78 Å². The molecule has 1 saturated carbocycles. The van der Waals surface area contributed by atoms with Crippen LogP contribution < -0.4 is 0 Å². The lowest BCUT2D eigenvalue weighted by Gasteiger charge is -2.27. The number of sulfone groups is 1. The molecule has 1 fully saturated rings. The van der Waals surface area contributed by atoms with E-state index in [2.05, 4.69) is 4.74 Å². The molecule has 0 saturated heterocycles. The molecule has 0 bridgehead atoms. The summed E-state index contributed by atoms with van der Waals surface area (Å²) in [5, 5.41) is -1.11. The molecule has 2 atom stereocenters. The average Bonchev–Trinajstić information content (AvgIpc) is 2.47. The molecule has 0 amide bonds. The largest absolute Gasteiger partial charge is 0.468 e. The van der Waals surface area contributed by atoms with Crippen LogP contribution in [0.25, 0.3) is 0 Å². The minimum absolute atomic E-state index is 0.0218. The second-order valence-electron chi connectivity index (χ2n) is 5.34. The number of benzene rings is 1. The number of methoxy groups -OCH3 is 1. The molecular weight excluding hydrogens is 328 g/mol. The van der Waals surface area contributed by atoms with Gasteiger partial charge in [0.15, 0.2) is 15.1 Å². The number of ketones is 1. The first-order valence-electron chi connectivity index (χ1n) is 6.95. The van der Waals surface area contributed by atoms with E-state index < -0.39 is 27.0 Å². The Kier molecular flexibility index (Phi) is 5.24. The van der Waals surface area contributed by atoms with Gasteiger partial charge >= 0.3 is 5.97 Å². The number of hydrogen-bond acceptors (Lipinski definition) is 5. The zero-order valence-corrected chi connectivity index (χ0v) is 13.7.